The van der Waals surface area contributed by atoms with E-state index in [4.69, 9.17) is 65.9 Å². The van der Waals surface area contributed by atoms with Crippen molar-refractivity contribution in [2.75, 3.05) is 89.8 Å². The Morgan fingerprint density at radius 1 is 0.415 bits per heavy atom. The number of carbonyl (C=O) groups is 10. The number of aromatic nitrogens is 9. The van der Waals surface area contributed by atoms with E-state index in [1.807, 2.05) is 12.1 Å². The van der Waals surface area contributed by atoms with Gasteiger partial charge in [-0.1, -0.05) is 95.3 Å². The SMILES string of the molecule is CC(C)(C)OC(=O)NCCOCCOC(=O)CC[C@@H](NC(=O)c1ccc(CCc2c[nH]c3nc(N)[nH]c(=O)c23)cc1)C(=O)OCC[Si](C)(C)C.C[Si](C)(C)CCOC(=O)[C@@H](CCC(=O)O)NC(=O)c1ccc(CCc2c[nH]c3nc(N)[nH]c(=O)c23)cc1.C[Si](C)(C)CCOC(=O)[C@@H](CCC(=O)OCCOCCN)NC(=O)c1ccc(CCc2c[nH]c3nc(N)[nH]c(=O)c23)cc1. The predicted octanol–water partition coefficient (Wildman–Crippen LogP) is 7.82. The lowest BCUT2D eigenvalue weighted by Crippen LogP contribution is -2.42. The number of fused-ring (bicyclic) bond motifs is 3. The van der Waals surface area contributed by atoms with Crippen molar-refractivity contribution >= 4 is 135 Å². The van der Waals surface area contributed by atoms with Gasteiger partial charge >= 0.3 is 41.9 Å². The fourth-order valence-electron chi connectivity index (χ4n) is 12.6. The van der Waals surface area contributed by atoms with Gasteiger partial charge in [-0.2, -0.15) is 15.0 Å². The van der Waals surface area contributed by atoms with Crippen molar-refractivity contribution in [1.82, 2.24) is 66.1 Å². The first-order valence-corrected chi connectivity index (χ1v) is 54.1. The van der Waals surface area contributed by atoms with E-state index in [1.54, 1.807) is 100 Å². The van der Waals surface area contributed by atoms with E-state index in [0.29, 0.717) is 101 Å². The van der Waals surface area contributed by atoms with Crippen LogP contribution in [0.4, 0.5) is 22.6 Å². The number of carboxylic acids is 1. The lowest BCUT2D eigenvalue weighted by atomic mass is 10.0. The molecule has 0 aliphatic carbocycles. The second-order valence-electron chi connectivity index (χ2n) is 35.5. The summed E-state index contributed by atoms with van der Waals surface area (Å²) >= 11 is 0. The maximum Gasteiger partial charge on any atom is 0.407 e. The highest BCUT2D eigenvalue weighted by molar-refractivity contribution is 6.76. The van der Waals surface area contributed by atoms with E-state index in [0.717, 1.165) is 51.5 Å². The molecule has 9 aromatic rings. The van der Waals surface area contributed by atoms with Crippen molar-refractivity contribution < 1.29 is 90.9 Å². The number of ether oxygens (including phenoxy) is 8. The summed E-state index contributed by atoms with van der Waals surface area (Å²) in [5, 5.41) is 21.0. The zero-order valence-corrected chi connectivity index (χ0v) is 78.9. The van der Waals surface area contributed by atoms with Crippen molar-refractivity contribution in [1.29, 1.82) is 0 Å². The third-order valence-electron chi connectivity index (χ3n) is 19.8. The molecular weight excluding hydrogens is 1730 g/mol. The Kier molecular flexibility index (Phi) is 40.4. The molecular formula is C88H125N17O22Si3. The molecule has 42 heteroatoms. The molecule has 0 unspecified atom stereocenters. The molecule has 0 aliphatic rings. The molecule has 3 aromatic carbocycles. The number of amides is 4. The lowest BCUT2D eigenvalue weighted by Gasteiger charge is -2.20. The van der Waals surface area contributed by atoms with Crippen molar-refractivity contribution in [2.24, 2.45) is 5.73 Å². The van der Waals surface area contributed by atoms with Crippen LogP contribution in [0.3, 0.4) is 0 Å². The minimum absolute atomic E-state index is 0.0145. The van der Waals surface area contributed by atoms with Crippen LogP contribution < -0.4 is 60.9 Å². The number of anilines is 3. The van der Waals surface area contributed by atoms with Crippen molar-refractivity contribution in [3.8, 4) is 0 Å². The number of aromatic amines is 6. The fraction of sp³-hybridized carbons (Fsp3) is 0.477. The first-order chi connectivity index (χ1) is 61.4. The molecule has 19 N–H and O–H groups in total. The topological polar surface area (TPSA) is 602 Å². The van der Waals surface area contributed by atoms with Crippen LogP contribution in [0.25, 0.3) is 33.1 Å². The predicted molar refractivity (Wildman–Crippen MR) is 498 cm³/mol. The zero-order chi connectivity index (χ0) is 95.5. The number of aryl methyl sites for hydroxylation is 6. The Morgan fingerprint density at radius 3 is 1.02 bits per heavy atom. The average Bonchev–Trinajstić information content (AvgIpc) is 1.66. The summed E-state index contributed by atoms with van der Waals surface area (Å²) in [5.74, 6) is -5.28. The number of rotatable bonds is 47. The molecule has 0 aliphatic heterocycles. The van der Waals surface area contributed by atoms with Crippen LogP contribution in [0.2, 0.25) is 77.1 Å². The molecule has 6 aromatic heterocycles. The number of nitrogen functional groups attached to an aromatic ring is 3. The summed E-state index contributed by atoms with van der Waals surface area (Å²) in [5.41, 5.74) is 28.2. The minimum atomic E-state index is -1.48. The summed E-state index contributed by atoms with van der Waals surface area (Å²) in [6.45, 7) is 27.1. The molecule has 4 amide bonds. The Bertz CT molecular complexity index is 5470. The molecule has 0 spiro atoms. The number of aliphatic carboxylic acids is 1. The number of esters is 5. The summed E-state index contributed by atoms with van der Waals surface area (Å²) in [6.07, 6.45) is 7.64. The normalized spacial score (nSPS) is 12.3. The minimum Gasteiger partial charge on any atom is -0.481 e. The van der Waals surface area contributed by atoms with Crippen LogP contribution in [-0.2, 0) is 105 Å². The molecule has 130 heavy (non-hydrogen) atoms. The highest BCUT2D eigenvalue weighted by atomic mass is 28.3. The van der Waals surface area contributed by atoms with Gasteiger partial charge in [0.2, 0.25) is 17.8 Å². The molecule has 39 nitrogen and oxygen atoms in total. The summed E-state index contributed by atoms with van der Waals surface area (Å²) < 4.78 is 42.3. The largest absolute Gasteiger partial charge is 0.481 e. The highest BCUT2D eigenvalue weighted by Gasteiger charge is 2.30. The van der Waals surface area contributed by atoms with Gasteiger partial charge in [-0.05, 0) is 166 Å². The molecule has 3 atom stereocenters. The van der Waals surface area contributed by atoms with Crippen molar-refractivity contribution in [3.63, 3.8) is 0 Å². The van der Waals surface area contributed by atoms with E-state index in [9.17, 15) is 62.3 Å². The van der Waals surface area contributed by atoms with Gasteiger partial charge in [0.15, 0.2) is 0 Å². The Balaban J connectivity index is 0.000000270. The van der Waals surface area contributed by atoms with Crippen LogP contribution in [-0.4, -0.2) is 230 Å². The standard InChI is InChI=1S/C34H50N6O9Si.C29H42N6O7Si.C25H33N5O6Si/c1-34(2,3)49-33(45)36-15-16-46-17-18-47-26(41)14-13-25(31(44)48-19-20-50(4,5)6)38-29(42)23-10-7-22(8-11-23)9-12-24-21-37-28-27(24)30(43)40-32(35)39-28;1-43(2,3)17-16-42-28(39)22(10-11-23(36)41-15-14-40-13-12-30)33-26(37)20-7-4-19(5-8-20)6-9-21-18-32-25-24(21)27(38)35-29(31)34-25;1-37(2,3)13-12-36-24(35)18(10-11-19(31)32)28-22(33)16-7-4-15(5-8-16)6-9-17-14-27-21-20(17)23(34)30-25(26)29-21/h7-8,10-11,21,25H,9,12-20H2,1-6H3,(H,36,45)(H,38,42)(H4,35,37,39,40,43);4-5,7-8,18,22H,6,9-17,30H2,1-3H3,(H,33,37)(H4,31,32,34,35,38);4-5,7-8,14,18H,6,9-13H2,1-3H3,(H,28,33)(H,31,32)(H4,26,27,29,30,34)/t25-;22-;18-/m111/s1. The number of hydrogen-bond acceptors (Lipinski definition) is 28. The van der Waals surface area contributed by atoms with Crippen molar-refractivity contribution in [3.05, 3.63) is 173 Å². The molecule has 706 valence electrons. The number of nitrogens with one attached hydrogen (secondary N) is 10. The number of alkyl carbamates (subject to hydrolysis) is 1. The van der Waals surface area contributed by atoms with Gasteiger partial charge in [-0.15, -0.1) is 0 Å². The van der Waals surface area contributed by atoms with Gasteiger partial charge in [-0.25, -0.2) is 19.2 Å². The highest BCUT2D eigenvalue weighted by Crippen LogP contribution is 2.23. The van der Waals surface area contributed by atoms with Crippen LogP contribution in [0.1, 0.15) is 124 Å². The van der Waals surface area contributed by atoms with Gasteiger partial charge in [0, 0.05) is 91.9 Å². The molecule has 0 saturated heterocycles. The Morgan fingerprint density at radius 2 is 0.723 bits per heavy atom. The number of carbonyl (C=O) groups excluding carboxylic acids is 9. The van der Waals surface area contributed by atoms with E-state index < -0.39 is 108 Å². The number of carboxylic acid groups (broad SMARTS) is 1. The summed E-state index contributed by atoms with van der Waals surface area (Å²) in [6, 6.07) is 19.9. The molecule has 0 radical (unpaired) electrons. The molecule has 9 rings (SSSR count). The average molecular weight is 1860 g/mol. The zero-order valence-electron chi connectivity index (χ0n) is 75.9. The van der Waals surface area contributed by atoms with E-state index in [1.165, 1.54) is 0 Å². The second-order valence-corrected chi connectivity index (χ2v) is 52.3. The number of nitrogens with zero attached hydrogens (tertiary/aromatic N) is 3. The van der Waals surface area contributed by atoms with Gasteiger partial charge in [-0.3, -0.25) is 58.1 Å². The van der Waals surface area contributed by atoms with Crippen LogP contribution in [0, 0.1) is 0 Å². The van der Waals surface area contributed by atoms with Gasteiger partial charge < -0.3 is 102 Å². The lowest BCUT2D eigenvalue weighted by molar-refractivity contribution is -0.149. The Hall–Kier alpha value is -12.6. The van der Waals surface area contributed by atoms with Gasteiger partial charge in [0.1, 0.15) is 53.9 Å². The van der Waals surface area contributed by atoms with Crippen LogP contribution in [0.5, 0.6) is 0 Å². The third kappa shape index (κ3) is 37.2. The smallest absolute Gasteiger partial charge is 0.407 e. The van der Waals surface area contributed by atoms with E-state index in [2.05, 4.69) is 125 Å². The number of H-pyrrole nitrogens is 6. The molecule has 0 saturated carbocycles. The fourth-order valence-corrected chi connectivity index (χ4v) is 14.7. The first-order valence-electron chi connectivity index (χ1n) is 43.0. The molecule has 0 bridgehead atoms. The molecule has 6 heterocycles. The number of hydrogen-bond donors (Lipinski definition) is 15. The van der Waals surface area contributed by atoms with Crippen LogP contribution in [0.15, 0.2) is 106 Å². The monoisotopic (exact) mass is 1860 g/mol. The van der Waals surface area contributed by atoms with Gasteiger partial charge in [0.25, 0.3) is 34.4 Å². The quantitative estimate of drug-likeness (QED) is 0.00747. The Labute approximate surface area is 754 Å². The van der Waals surface area contributed by atoms with Gasteiger partial charge in [0.05, 0.1) is 62.4 Å². The maximum atomic E-state index is 13.2. The second kappa shape index (κ2) is 50.3. The van der Waals surface area contributed by atoms with Crippen molar-refractivity contribution in [2.45, 2.75) is 199 Å². The summed E-state index contributed by atoms with van der Waals surface area (Å²) in [7, 11) is -4.33. The maximum absolute atomic E-state index is 13.2. The first kappa shape index (κ1) is 104. The number of nitrogens with two attached hydrogens (primary N) is 4. The summed E-state index contributed by atoms with van der Waals surface area (Å²) in [4.78, 5) is 190. The van der Waals surface area contributed by atoms with Crippen LogP contribution >= 0.6 is 0 Å². The molecule has 0 fully saturated rings. The number of benzene rings is 3. The van der Waals surface area contributed by atoms with E-state index >= 15 is 0 Å². The third-order valence-corrected chi connectivity index (χ3v) is 24.9. The van der Waals surface area contributed by atoms with E-state index in [-0.39, 0.29) is 132 Å².